The van der Waals surface area contributed by atoms with Gasteiger partial charge in [0.25, 0.3) is 5.82 Å². The quantitative estimate of drug-likeness (QED) is 0.172. The van der Waals surface area contributed by atoms with Gasteiger partial charge in [0.2, 0.25) is 0 Å². The first-order valence-electron chi connectivity index (χ1n) is 9.51. The molecule has 0 aliphatic carbocycles. The summed E-state index contributed by atoms with van der Waals surface area (Å²) in [4.78, 5) is 3.22. The number of benzene rings is 2. The molecule has 2 aromatic carbocycles. The van der Waals surface area contributed by atoms with E-state index in [2.05, 4.69) is 68.3 Å². The third kappa shape index (κ3) is 5.40. The molecule has 0 unspecified atom stereocenters. The molecule has 1 aliphatic heterocycles. The fraction of sp³-hybridized carbons (Fsp3) is 0.286. The van der Waals surface area contributed by atoms with E-state index in [1.165, 1.54) is 11.0 Å². The van der Waals surface area contributed by atoms with E-state index in [1.54, 1.807) is 6.21 Å². The number of aromatic nitrogens is 2. The number of fused-ring (bicyclic) bond motifs is 1. The number of hydrogen-bond acceptors (Lipinski definition) is 4. The number of imidazole rings is 1. The molecular weight excluding hydrogens is 512 g/mol. The molecule has 9 heteroatoms. The van der Waals surface area contributed by atoms with Gasteiger partial charge in [-0.3, -0.25) is 10.3 Å². The van der Waals surface area contributed by atoms with Gasteiger partial charge in [-0.25, -0.2) is 9.13 Å². The fourth-order valence-corrected chi connectivity index (χ4v) is 3.35. The molecule has 1 aliphatic rings. The van der Waals surface area contributed by atoms with Crippen molar-refractivity contribution in [3.63, 3.8) is 0 Å². The van der Waals surface area contributed by atoms with Crippen LogP contribution in [0.5, 0.6) is 5.75 Å². The number of aryl methyl sites for hydroxylation is 2. The molecule has 7 nitrogen and oxygen atoms in total. The lowest BCUT2D eigenvalue weighted by atomic mass is 10.2. The summed E-state index contributed by atoms with van der Waals surface area (Å²) < 4.78 is 10.4. The number of guanidine groups is 1. The molecule has 160 valence electrons. The summed E-state index contributed by atoms with van der Waals surface area (Å²) in [6.45, 7) is 2.43. The van der Waals surface area contributed by atoms with Crippen molar-refractivity contribution in [1.29, 1.82) is 0 Å². The Bertz CT molecular complexity index is 991. The highest BCUT2D eigenvalue weighted by molar-refractivity contribution is 5.82. The summed E-state index contributed by atoms with van der Waals surface area (Å²) >= 11 is 0. The Labute approximate surface area is 197 Å². The molecule has 0 atom stereocenters. The van der Waals surface area contributed by atoms with E-state index < -0.39 is 0 Å². The fourth-order valence-electron chi connectivity index (χ4n) is 3.35. The third-order valence-corrected chi connectivity index (χ3v) is 4.97. The first-order valence-corrected chi connectivity index (χ1v) is 9.51. The van der Waals surface area contributed by atoms with Crippen LogP contribution in [-0.4, -0.2) is 29.8 Å². The highest BCUT2D eigenvalue weighted by Crippen LogP contribution is 2.16. The molecule has 0 saturated heterocycles. The second-order valence-electron chi connectivity index (χ2n) is 6.83. The first kappa shape index (κ1) is 23.9. The van der Waals surface area contributed by atoms with Crippen molar-refractivity contribution in [2.24, 2.45) is 19.2 Å². The van der Waals surface area contributed by atoms with Crippen LogP contribution >= 0.6 is 0 Å². The van der Waals surface area contributed by atoms with Crippen LogP contribution in [0.4, 0.5) is 0 Å². The van der Waals surface area contributed by atoms with Crippen LogP contribution in [0.3, 0.4) is 0 Å². The van der Waals surface area contributed by atoms with Crippen molar-refractivity contribution >= 4 is 23.2 Å². The number of ether oxygens (including phenoxy) is 1. The zero-order valence-electron chi connectivity index (χ0n) is 17.0. The molecule has 2 heterocycles. The number of halogens is 2. The van der Waals surface area contributed by atoms with E-state index in [4.69, 9.17) is 4.74 Å². The summed E-state index contributed by atoms with van der Waals surface area (Å²) in [6.07, 6.45) is 2.91. The van der Waals surface area contributed by atoms with Gasteiger partial charge in [-0.2, -0.15) is 5.43 Å². The maximum Gasteiger partial charge on any atom is 0.367 e. The summed E-state index contributed by atoms with van der Waals surface area (Å²) in [6, 6.07) is 16.3. The molecule has 3 N–H and O–H groups in total. The molecule has 0 amide bonds. The monoisotopic (exact) mass is 536 g/mol. The largest absolute Gasteiger partial charge is 1.00 e. The van der Waals surface area contributed by atoms with Gasteiger partial charge in [0, 0.05) is 6.42 Å². The van der Waals surface area contributed by atoms with Crippen LogP contribution in [0.25, 0.3) is 11.0 Å². The minimum absolute atomic E-state index is 0. The van der Waals surface area contributed by atoms with Gasteiger partial charge in [-0.1, -0.05) is 12.1 Å². The Balaban J connectivity index is 0.00000160. The molecule has 0 spiro atoms. The van der Waals surface area contributed by atoms with Crippen LogP contribution in [0.15, 0.2) is 53.6 Å². The van der Waals surface area contributed by atoms with Crippen LogP contribution in [0.1, 0.15) is 17.8 Å². The standard InChI is InChI=1S/C21H25N6O.2BrH/c1-26-18-6-3-4-7-19(18)27(2)20(26)15-28-17-10-8-16(9-11-17)14-24-25-21-22-12-5-13-23-21;;/h3-4,6-11,14H,5,12-13,15H2,1-2H3,(H2,22,23,25);2*1H/q+1;;/p-1/b24-14+;;. The van der Waals surface area contributed by atoms with Gasteiger partial charge in [0.1, 0.15) is 5.75 Å². The Morgan fingerprint density at radius 1 is 1.20 bits per heavy atom. The average molecular weight is 538 g/mol. The number of para-hydroxylation sites is 2. The molecular formula is C21H26Br2N6O. The van der Waals surface area contributed by atoms with E-state index in [-0.39, 0.29) is 34.0 Å². The molecule has 4 rings (SSSR count). The van der Waals surface area contributed by atoms with Crippen LogP contribution in [0, 0.1) is 0 Å². The lowest BCUT2D eigenvalue weighted by Crippen LogP contribution is -3.00. The smallest absolute Gasteiger partial charge is 0.367 e. The van der Waals surface area contributed by atoms with Crippen LogP contribution < -0.4 is 59.0 Å². The predicted molar refractivity (Wildman–Crippen MR) is 109 cm³/mol. The van der Waals surface area contributed by atoms with Crippen molar-refractivity contribution in [3.8, 4) is 5.75 Å². The van der Waals surface area contributed by atoms with E-state index >= 15 is 0 Å². The maximum absolute atomic E-state index is 6.01. The summed E-state index contributed by atoms with van der Waals surface area (Å²) in [5.41, 5.74) is 6.38. The highest BCUT2D eigenvalue weighted by atomic mass is 79.9. The molecule has 0 radical (unpaired) electrons. The predicted octanol–water partition coefficient (Wildman–Crippen LogP) is -6.06. The molecule has 0 saturated carbocycles. The van der Waals surface area contributed by atoms with Gasteiger partial charge in [-0.05, 0) is 42.0 Å². The van der Waals surface area contributed by atoms with E-state index in [1.807, 2.05) is 24.3 Å². The summed E-state index contributed by atoms with van der Waals surface area (Å²) in [7, 11) is 4.14. The van der Waals surface area contributed by atoms with Crippen molar-refractivity contribution in [3.05, 3.63) is 59.9 Å². The second-order valence-corrected chi connectivity index (χ2v) is 6.83. The lowest BCUT2D eigenvalue weighted by Gasteiger charge is -2.06. The number of nitrogens with zero attached hydrogens (tertiary/aromatic N) is 3. The van der Waals surface area contributed by atoms with Crippen molar-refractivity contribution in [2.75, 3.05) is 13.1 Å². The molecule has 1 aromatic heterocycles. The van der Waals surface area contributed by atoms with E-state index in [0.29, 0.717) is 6.61 Å². The van der Waals surface area contributed by atoms with Gasteiger partial charge >= 0.3 is 5.96 Å². The Morgan fingerprint density at radius 3 is 2.67 bits per heavy atom. The lowest BCUT2D eigenvalue weighted by molar-refractivity contribution is -0.655. The Morgan fingerprint density at radius 2 is 1.97 bits per heavy atom. The highest BCUT2D eigenvalue weighted by Gasteiger charge is 2.19. The molecule has 0 fully saturated rings. The average Bonchev–Trinajstić information content (AvgIpc) is 2.99. The summed E-state index contributed by atoms with van der Waals surface area (Å²) in [5, 5.41) is 7.47. The minimum Gasteiger partial charge on any atom is -1.00 e. The third-order valence-electron chi connectivity index (χ3n) is 4.97. The number of hydrogen-bond donors (Lipinski definition) is 3. The van der Waals surface area contributed by atoms with Gasteiger partial charge in [0.15, 0.2) is 17.6 Å². The topological polar surface area (TPSA) is 68.4 Å². The van der Waals surface area contributed by atoms with E-state index in [0.717, 1.165) is 42.6 Å². The Kier molecular flexibility index (Phi) is 8.86. The SMILES string of the molecule is Cn1c(COc2ccc(/C=N/NC3=[NH+]CCCN3)cc2)[n+](C)c2ccccc21.[Br-].[Br-]. The maximum atomic E-state index is 6.01. The zero-order chi connectivity index (χ0) is 19.3. The van der Waals surface area contributed by atoms with Gasteiger partial charge in [0.05, 0.1) is 33.4 Å². The molecule has 0 bridgehead atoms. The first-order chi connectivity index (χ1) is 13.7. The number of hydrazone groups is 1. The molecule has 30 heavy (non-hydrogen) atoms. The minimum atomic E-state index is 0. The van der Waals surface area contributed by atoms with Crippen LogP contribution in [-0.2, 0) is 20.7 Å². The van der Waals surface area contributed by atoms with Gasteiger partial charge < -0.3 is 38.7 Å². The second kappa shape index (κ2) is 11.1. The number of rotatable bonds is 5. The van der Waals surface area contributed by atoms with E-state index in [9.17, 15) is 0 Å². The van der Waals surface area contributed by atoms with Crippen molar-refractivity contribution in [1.82, 2.24) is 15.3 Å². The zero-order valence-corrected chi connectivity index (χ0v) is 20.2. The normalized spacial score (nSPS) is 13.2. The van der Waals surface area contributed by atoms with Crippen LogP contribution in [0.2, 0.25) is 0 Å². The van der Waals surface area contributed by atoms with Crippen molar-refractivity contribution < 1.29 is 48.3 Å². The molecule has 3 aromatic rings. The van der Waals surface area contributed by atoms with Gasteiger partial charge in [-0.15, -0.1) is 5.10 Å². The Hall–Kier alpha value is -2.39. The van der Waals surface area contributed by atoms with Crippen molar-refractivity contribution in [2.45, 2.75) is 13.0 Å². The number of nitrogens with one attached hydrogen (secondary N) is 3. The summed E-state index contributed by atoms with van der Waals surface area (Å²) in [5.74, 6) is 2.80.